The molecule has 1 aliphatic carbocycles. The number of anilines is 3. The first-order valence-corrected chi connectivity index (χ1v) is 32.1. The predicted octanol–water partition coefficient (Wildman–Crippen LogP) is 9.95. The van der Waals surface area contributed by atoms with Gasteiger partial charge >= 0.3 is 5.97 Å². The summed E-state index contributed by atoms with van der Waals surface area (Å²) >= 11 is 0. The summed E-state index contributed by atoms with van der Waals surface area (Å²) in [6.45, 7) is 14.3. The monoisotopic (exact) mass is 1210 g/mol. The number of fused-ring (bicyclic) bond motifs is 3. The minimum Gasteiger partial charge on any atom is -0.480 e. The van der Waals surface area contributed by atoms with Crippen molar-refractivity contribution in [2.24, 2.45) is 0 Å². The number of unbranched alkanes of at least 4 members (excludes halogenated alkanes) is 3. The van der Waals surface area contributed by atoms with E-state index in [1.165, 1.54) is 6.20 Å². The minimum absolute atomic E-state index is 0.0268. The number of rotatable bonds is 24. The molecule has 2 aromatic heterocycles. The van der Waals surface area contributed by atoms with Gasteiger partial charge in [0.15, 0.2) is 16.9 Å². The molecule has 8 N–H and O–H groups in total. The number of carbonyl (C=O) groups excluding carboxylic acids is 1. The molecule has 0 saturated carbocycles. The number of aryl methyl sites for hydroxylation is 1. The number of aliphatic carboxylic acids is 1. The van der Waals surface area contributed by atoms with Crippen molar-refractivity contribution in [3.63, 3.8) is 0 Å². The summed E-state index contributed by atoms with van der Waals surface area (Å²) in [5, 5.41) is 16.2. The van der Waals surface area contributed by atoms with Crippen LogP contribution >= 0.6 is 0 Å². The van der Waals surface area contributed by atoms with E-state index < -0.39 is 60.3 Å². The molecule has 4 heterocycles. The number of hydrogen-bond donors (Lipinski definition) is 7. The molecule has 0 radical (unpaired) electrons. The summed E-state index contributed by atoms with van der Waals surface area (Å²) in [5.74, 6) is -1.53. The summed E-state index contributed by atoms with van der Waals surface area (Å²) < 4.78 is 76.0. The van der Waals surface area contributed by atoms with E-state index in [0.717, 1.165) is 82.8 Å². The fraction of sp³-hybridized carbons (Fsp3) is 0.359. The Morgan fingerprint density at radius 2 is 1.60 bits per heavy atom. The van der Waals surface area contributed by atoms with Gasteiger partial charge in [0.2, 0.25) is 11.6 Å². The summed E-state index contributed by atoms with van der Waals surface area (Å²) in [6.07, 6.45) is 15.9. The van der Waals surface area contributed by atoms with Crippen LogP contribution in [0.1, 0.15) is 130 Å². The number of aromatic nitrogens is 4. The highest BCUT2D eigenvalue weighted by molar-refractivity contribution is 7.85. The lowest BCUT2D eigenvalue weighted by Gasteiger charge is -2.27. The van der Waals surface area contributed by atoms with E-state index in [0.29, 0.717) is 59.8 Å². The Labute approximate surface area is 501 Å². The van der Waals surface area contributed by atoms with Gasteiger partial charge in [0, 0.05) is 65.1 Å². The second-order valence-electron chi connectivity index (χ2n) is 23.3. The van der Waals surface area contributed by atoms with Crippen LogP contribution in [-0.2, 0) is 54.6 Å². The van der Waals surface area contributed by atoms with Crippen molar-refractivity contribution >= 4 is 72.0 Å². The Hall–Kier alpha value is -8.31. The number of nitrogens with two attached hydrogens (primary N) is 1. The van der Waals surface area contributed by atoms with Crippen molar-refractivity contribution in [3.05, 3.63) is 187 Å². The summed E-state index contributed by atoms with van der Waals surface area (Å²) in [5.41, 5.74) is 15.9. The number of nitrogens with zero attached hydrogens (tertiary/aromatic N) is 5. The number of carboxylic acids is 1. The number of carbonyl (C=O) groups is 2. The van der Waals surface area contributed by atoms with Crippen LogP contribution in [-0.4, -0.2) is 98.0 Å². The number of carboxylic acid groups (broad SMARTS) is 1. The molecule has 0 spiro atoms. The second kappa shape index (κ2) is 25.7. The van der Waals surface area contributed by atoms with Crippen LogP contribution in [0.15, 0.2) is 143 Å². The molecule has 22 heteroatoms. The quantitative estimate of drug-likeness (QED) is 0.0168. The molecule has 452 valence electrons. The zero-order chi connectivity index (χ0) is 61.7. The van der Waals surface area contributed by atoms with E-state index in [2.05, 4.69) is 124 Å². The van der Waals surface area contributed by atoms with Crippen LogP contribution in [0.2, 0.25) is 0 Å². The van der Waals surface area contributed by atoms with Crippen LogP contribution in [0.4, 0.5) is 23.0 Å². The van der Waals surface area contributed by atoms with Gasteiger partial charge in [-0.3, -0.25) is 23.7 Å². The maximum Gasteiger partial charge on any atom is 0.326 e. The number of H-pyrrole nitrogens is 1. The molecule has 0 bridgehead atoms. The highest BCUT2D eigenvalue weighted by Gasteiger charge is 2.45. The molecule has 9 rings (SSSR count). The van der Waals surface area contributed by atoms with Crippen molar-refractivity contribution < 1.29 is 49.9 Å². The van der Waals surface area contributed by atoms with Crippen molar-refractivity contribution in [2.45, 2.75) is 128 Å². The minimum atomic E-state index is -4.27. The maximum atomic E-state index is 13.5. The normalized spacial score (nSPS) is 17.0. The zero-order valence-corrected chi connectivity index (χ0v) is 50.8. The Morgan fingerprint density at radius 1 is 0.860 bits per heavy atom. The number of aromatic amines is 1. The van der Waals surface area contributed by atoms with Crippen molar-refractivity contribution in [1.29, 1.82) is 0 Å². The summed E-state index contributed by atoms with van der Waals surface area (Å²) in [6, 6.07) is 24.3. The standard InChI is InChI=1S/C64H73N9O11S2/c1-7-8-9-31-72-53-28-18-42(39-86(81,82)83)35-50(53)64(5,6)55(72)30-22-44-14-12-13-43(21-29-54-63(3,4)49-34-40(2)15-27-52(49)73(54)32-10-11-33-85(78,79)80)57(44)84-48-25-16-41(17-26-48)36-51(61(76)77)69-59(74)45-19-23-46(24-20-45)66-37-47-38-67-58-56(68-47)60(75)71-62(65)70-58/h15-30,34-35,38,51H,7-14,31-33,36-37,39H2,1-6H3,(H7-,65,66,67,69,70,71,74,75,76,77,78,79,80,81,82,83)/p+1/t51-/m0/s1. The predicted molar refractivity (Wildman–Crippen MR) is 333 cm³/mol. The molecule has 0 saturated heterocycles. The number of ether oxygens (including phenoxy) is 1. The lowest BCUT2D eigenvalue weighted by molar-refractivity contribution is -0.438. The third kappa shape index (κ3) is 14.7. The molecule has 1 amide bonds. The van der Waals surface area contributed by atoms with E-state index in [9.17, 15) is 45.4 Å². The maximum absolute atomic E-state index is 13.5. The Bertz CT molecular complexity index is 4060. The van der Waals surface area contributed by atoms with Gasteiger partial charge in [-0.2, -0.15) is 26.4 Å². The van der Waals surface area contributed by atoms with Gasteiger partial charge in [0.25, 0.3) is 31.7 Å². The van der Waals surface area contributed by atoms with Crippen LogP contribution in [0, 0.1) is 6.92 Å². The van der Waals surface area contributed by atoms with E-state index >= 15 is 0 Å². The number of benzene rings is 4. The number of nitrogens with one attached hydrogen (secondary N) is 3. The first-order valence-electron chi connectivity index (χ1n) is 28.8. The molecule has 20 nitrogen and oxygen atoms in total. The average molecular weight is 1210 g/mol. The molecular formula is C64H74N9O11S2+. The van der Waals surface area contributed by atoms with Crippen molar-refractivity contribution in [1.82, 2.24) is 25.3 Å². The number of hydrogen-bond acceptors (Lipinski definition) is 14. The lowest BCUT2D eigenvalue weighted by atomic mass is 9.80. The van der Waals surface area contributed by atoms with Gasteiger partial charge in [-0.25, -0.2) is 14.8 Å². The molecule has 4 aromatic carbocycles. The van der Waals surface area contributed by atoms with Gasteiger partial charge in [-0.1, -0.05) is 69.2 Å². The molecule has 0 fully saturated rings. The van der Waals surface area contributed by atoms with Crippen LogP contribution in [0.3, 0.4) is 0 Å². The van der Waals surface area contributed by atoms with Crippen molar-refractivity contribution in [3.8, 4) is 5.75 Å². The summed E-state index contributed by atoms with van der Waals surface area (Å²) in [7, 11) is -8.39. The van der Waals surface area contributed by atoms with Gasteiger partial charge in [-0.05, 0) is 148 Å². The van der Waals surface area contributed by atoms with Crippen LogP contribution in [0.25, 0.3) is 11.2 Å². The largest absolute Gasteiger partial charge is 0.480 e. The molecular weight excluding hydrogens is 1130 g/mol. The van der Waals surface area contributed by atoms with Gasteiger partial charge < -0.3 is 31.1 Å². The molecule has 1 atom stereocenters. The topological polar surface area (TPSA) is 300 Å². The second-order valence-corrected chi connectivity index (χ2v) is 26.3. The Kier molecular flexibility index (Phi) is 18.6. The van der Waals surface area contributed by atoms with Gasteiger partial charge in [0.1, 0.15) is 29.8 Å². The average Bonchev–Trinajstić information content (AvgIpc) is 1.78. The first kappa shape index (κ1) is 62.2. The highest BCUT2D eigenvalue weighted by atomic mass is 32.2. The van der Waals surface area contributed by atoms with E-state index in [1.807, 2.05) is 12.1 Å². The highest BCUT2D eigenvalue weighted by Crippen LogP contribution is 2.49. The van der Waals surface area contributed by atoms with E-state index in [4.69, 9.17) is 10.5 Å². The molecule has 6 aromatic rings. The first-order chi connectivity index (χ1) is 40.8. The van der Waals surface area contributed by atoms with E-state index in [1.54, 1.807) is 54.6 Å². The number of allylic oxidation sites excluding steroid dienone is 7. The zero-order valence-electron chi connectivity index (χ0n) is 49.2. The third-order valence-corrected chi connectivity index (χ3v) is 17.5. The molecule has 86 heavy (non-hydrogen) atoms. The molecule has 3 aliphatic rings. The Balaban J connectivity index is 0.994. The smallest absolute Gasteiger partial charge is 0.326 e. The fourth-order valence-electron chi connectivity index (χ4n) is 11.6. The third-order valence-electron chi connectivity index (χ3n) is 16.0. The molecule has 2 aliphatic heterocycles. The number of amides is 1. The Morgan fingerprint density at radius 3 is 2.31 bits per heavy atom. The van der Waals surface area contributed by atoms with Crippen LogP contribution in [0.5, 0.6) is 5.75 Å². The molecule has 0 unspecified atom stereocenters. The SMILES string of the molecule is CCCCC[N+]1=C(/C=C/C2=C(Oc3ccc(C[C@H](NC(=O)c4ccc(NCc5cnc6nc(N)[nH]c(=O)c6n5)cc4)C(=O)O)cc3)C(=C/C=C3/N(CCCCS(=O)(=O)O)c4ccc(C)cc4C3(C)C)/CCC2)C(C)(C)c2cc(CS(=O)(=O)O)ccc21. The summed E-state index contributed by atoms with van der Waals surface area (Å²) in [4.78, 5) is 55.7. The lowest BCUT2D eigenvalue weighted by Crippen LogP contribution is -2.42. The van der Waals surface area contributed by atoms with Gasteiger partial charge in [0.05, 0.1) is 29.6 Å². The van der Waals surface area contributed by atoms with Gasteiger partial charge in [-0.15, -0.1) is 0 Å². The van der Waals surface area contributed by atoms with Crippen molar-refractivity contribution in [2.75, 3.05) is 34.8 Å². The van der Waals surface area contributed by atoms with E-state index in [-0.39, 0.29) is 47.8 Å². The fourth-order valence-corrected chi connectivity index (χ4v) is 12.7. The van der Waals surface area contributed by atoms with Crippen LogP contribution < -0.4 is 31.6 Å². The number of nitrogen functional groups attached to an aromatic ring is 1.